The van der Waals surface area contributed by atoms with Gasteiger partial charge in [-0.2, -0.15) is 0 Å². The highest BCUT2D eigenvalue weighted by molar-refractivity contribution is 4.80. The van der Waals surface area contributed by atoms with Crippen LogP contribution in [0.15, 0.2) is 12.7 Å². The first kappa shape index (κ1) is 8.66. The molecule has 54 valence electrons. The largest absolute Gasteiger partial charge is 0.396 e. The van der Waals surface area contributed by atoms with Crippen LogP contribution in [0.1, 0.15) is 13.3 Å². The minimum atomic E-state index is -0.438. The van der Waals surface area contributed by atoms with Crippen LogP contribution in [0.3, 0.4) is 0 Å². The first-order valence-corrected chi connectivity index (χ1v) is 3.13. The molecule has 9 heavy (non-hydrogen) atoms. The Morgan fingerprint density at radius 2 is 2.22 bits per heavy atom. The zero-order chi connectivity index (χ0) is 7.28. The summed E-state index contributed by atoms with van der Waals surface area (Å²) in [5.74, 6) is 0.0807. The highest BCUT2D eigenvalue weighted by Crippen LogP contribution is 2.06. The molecule has 0 aliphatic rings. The fourth-order valence-corrected chi connectivity index (χ4v) is 0.552. The van der Waals surface area contributed by atoms with Crippen molar-refractivity contribution >= 4 is 0 Å². The third-order valence-electron chi connectivity index (χ3n) is 1.40. The molecule has 0 saturated heterocycles. The summed E-state index contributed by atoms with van der Waals surface area (Å²) in [6.07, 6.45) is 1.68. The van der Waals surface area contributed by atoms with Crippen LogP contribution in [0, 0.1) is 5.92 Å². The third kappa shape index (κ3) is 3.27. The molecule has 0 heterocycles. The Morgan fingerprint density at radius 1 is 1.67 bits per heavy atom. The van der Waals surface area contributed by atoms with E-state index in [4.69, 9.17) is 10.2 Å². The minimum absolute atomic E-state index is 0.0410. The quantitative estimate of drug-likeness (QED) is 0.546. The SMILES string of the molecule is C=CC(C)C(O)CCO. The lowest BCUT2D eigenvalue weighted by Crippen LogP contribution is -2.16. The van der Waals surface area contributed by atoms with Crippen LogP contribution in [0.5, 0.6) is 0 Å². The summed E-state index contributed by atoms with van der Waals surface area (Å²) < 4.78 is 0. The molecule has 0 aliphatic carbocycles. The molecular formula is C7H14O2. The highest BCUT2D eigenvalue weighted by Gasteiger charge is 2.08. The highest BCUT2D eigenvalue weighted by atomic mass is 16.3. The van der Waals surface area contributed by atoms with Crippen LogP contribution < -0.4 is 0 Å². The molecule has 2 atom stereocenters. The Hall–Kier alpha value is -0.340. The van der Waals surface area contributed by atoms with Crippen molar-refractivity contribution in [2.24, 2.45) is 5.92 Å². The summed E-state index contributed by atoms with van der Waals surface area (Å²) in [7, 11) is 0. The molecule has 0 rings (SSSR count). The average Bonchev–Trinajstić information content (AvgIpc) is 1.87. The van der Waals surface area contributed by atoms with Gasteiger partial charge in [0.25, 0.3) is 0 Å². The smallest absolute Gasteiger partial charge is 0.0621 e. The second-order valence-corrected chi connectivity index (χ2v) is 2.17. The van der Waals surface area contributed by atoms with Crippen LogP contribution in [-0.4, -0.2) is 22.9 Å². The Kier molecular flexibility index (Phi) is 4.36. The van der Waals surface area contributed by atoms with Gasteiger partial charge in [-0.3, -0.25) is 0 Å². The molecule has 0 aromatic rings. The lowest BCUT2D eigenvalue weighted by atomic mass is 10.0. The van der Waals surface area contributed by atoms with Crippen molar-refractivity contribution in [3.05, 3.63) is 12.7 Å². The first-order chi connectivity index (χ1) is 4.22. The maximum atomic E-state index is 9.09. The van der Waals surface area contributed by atoms with E-state index in [1.807, 2.05) is 6.92 Å². The Bertz CT molecular complexity index is 81.0. The predicted molar refractivity (Wildman–Crippen MR) is 37.1 cm³/mol. The van der Waals surface area contributed by atoms with Crippen molar-refractivity contribution in [2.45, 2.75) is 19.4 Å². The minimum Gasteiger partial charge on any atom is -0.396 e. The number of hydrogen-bond acceptors (Lipinski definition) is 2. The normalized spacial score (nSPS) is 16.8. The monoisotopic (exact) mass is 130 g/mol. The van der Waals surface area contributed by atoms with E-state index in [0.717, 1.165) is 0 Å². The summed E-state index contributed by atoms with van der Waals surface area (Å²) >= 11 is 0. The second-order valence-electron chi connectivity index (χ2n) is 2.17. The summed E-state index contributed by atoms with van der Waals surface area (Å²) in [6, 6.07) is 0. The topological polar surface area (TPSA) is 40.5 Å². The third-order valence-corrected chi connectivity index (χ3v) is 1.40. The zero-order valence-electron chi connectivity index (χ0n) is 5.75. The van der Waals surface area contributed by atoms with E-state index in [-0.39, 0.29) is 12.5 Å². The summed E-state index contributed by atoms with van der Waals surface area (Å²) in [5.41, 5.74) is 0. The van der Waals surface area contributed by atoms with Gasteiger partial charge in [-0.1, -0.05) is 13.0 Å². The van der Waals surface area contributed by atoms with Crippen molar-refractivity contribution in [1.29, 1.82) is 0 Å². The Morgan fingerprint density at radius 3 is 2.56 bits per heavy atom. The van der Waals surface area contributed by atoms with Crippen molar-refractivity contribution in [1.82, 2.24) is 0 Å². The van der Waals surface area contributed by atoms with E-state index in [9.17, 15) is 0 Å². The molecule has 0 aromatic carbocycles. The second kappa shape index (κ2) is 4.53. The first-order valence-electron chi connectivity index (χ1n) is 3.13. The maximum absolute atomic E-state index is 9.09. The van der Waals surface area contributed by atoms with Gasteiger partial charge in [0.05, 0.1) is 6.10 Å². The van der Waals surface area contributed by atoms with E-state index in [1.165, 1.54) is 0 Å². The van der Waals surface area contributed by atoms with Crippen molar-refractivity contribution in [2.75, 3.05) is 6.61 Å². The lowest BCUT2D eigenvalue weighted by molar-refractivity contribution is 0.103. The fraction of sp³-hybridized carbons (Fsp3) is 0.714. The predicted octanol–water partition coefficient (Wildman–Crippen LogP) is 0.552. The van der Waals surface area contributed by atoms with Crippen molar-refractivity contribution in [3.8, 4) is 0 Å². The molecule has 2 unspecified atom stereocenters. The number of aliphatic hydroxyl groups excluding tert-OH is 2. The van der Waals surface area contributed by atoms with E-state index < -0.39 is 6.10 Å². The van der Waals surface area contributed by atoms with Gasteiger partial charge in [-0.15, -0.1) is 6.58 Å². The van der Waals surface area contributed by atoms with E-state index >= 15 is 0 Å². The van der Waals surface area contributed by atoms with Gasteiger partial charge < -0.3 is 10.2 Å². The molecule has 0 spiro atoms. The molecule has 0 fully saturated rings. The van der Waals surface area contributed by atoms with Gasteiger partial charge in [0.1, 0.15) is 0 Å². The van der Waals surface area contributed by atoms with E-state index in [0.29, 0.717) is 6.42 Å². The van der Waals surface area contributed by atoms with Crippen LogP contribution in [0.25, 0.3) is 0 Å². The fourth-order valence-electron chi connectivity index (χ4n) is 0.552. The molecule has 0 aliphatic heterocycles. The van der Waals surface area contributed by atoms with Crippen molar-refractivity contribution in [3.63, 3.8) is 0 Å². The number of hydrogen-bond donors (Lipinski definition) is 2. The van der Waals surface area contributed by atoms with Gasteiger partial charge >= 0.3 is 0 Å². The van der Waals surface area contributed by atoms with Gasteiger partial charge in [-0.25, -0.2) is 0 Å². The Labute approximate surface area is 55.8 Å². The molecule has 0 radical (unpaired) electrons. The van der Waals surface area contributed by atoms with E-state index in [2.05, 4.69) is 6.58 Å². The zero-order valence-corrected chi connectivity index (χ0v) is 5.75. The number of rotatable bonds is 4. The molecule has 0 bridgehead atoms. The van der Waals surface area contributed by atoms with Gasteiger partial charge in [0.2, 0.25) is 0 Å². The molecule has 0 amide bonds. The van der Waals surface area contributed by atoms with Crippen LogP contribution in [-0.2, 0) is 0 Å². The maximum Gasteiger partial charge on any atom is 0.0621 e. The van der Waals surface area contributed by atoms with Crippen LogP contribution in [0.2, 0.25) is 0 Å². The number of aliphatic hydroxyl groups is 2. The molecule has 0 aromatic heterocycles. The van der Waals surface area contributed by atoms with Crippen LogP contribution >= 0.6 is 0 Å². The van der Waals surface area contributed by atoms with Crippen LogP contribution in [0.4, 0.5) is 0 Å². The molecule has 2 heteroatoms. The Balaban J connectivity index is 3.44. The summed E-state index contributed by atoms with van der Waals surface area (Å²) in [4.78, 5) is 0. The van der Waals surface area contributed by atoms with E-state index in [1.54, 1.807) is 6.08 Å². The van der Waals surface area contributed by atoms with Gasteiger partial charge in [0.15, 0.2) is 0 Å². The molecule has 0 saturated carbocycles. The summed E-state index contributed by atoms with van der Waals surface area (Å²) in [5, 5.41) is 17.5. The average molecular weight is 130 g/mol. The molecule has 2 N–H and O–H groups in total. The summed E-state index contributed by atoms with van der Waals surface area (Å²) in [6.45, 7) is 5.43. The lowest BCUT2D eigenvalue weighted by Gasteiger charge is -2.12. The molecule has 2 nitrogen and oxygen atoms in total. The van der Waals surface area contributed by atoms with Gasteiger partial charge in [0, 0.05) is 6.61 Å². The standard InChI is InChI=1S/C7H14O2/c1-3-6(2)7(9)4-5-8/h3,6-9H,1,4-5H2,2H3. The van der Waals surface area contributed by atoms with Gasteiger partial charge in [-0.05, 0) is 12.3 Å². The molecular weight excluding hydrogens is 116 g/mol. The van der Waals surface area contributed by atoms with Crippen molar-refractivity contribution < 1.29 is 10.2 Å².